The SMILES string of the molecule is Cc1nn(C2COC2)c(C)c1CC(=O)O. The molecule has 82 valence electrons. The first-order chi connectivity index (χ1) is 7.09. The van der Waals surface area contributed by atoms with Crippen LogP contribution in [-0.4, -0.2) is 34.1 Å². The quantitative estimate of drug-likeness (QED) is 0.797. The van der Waals surface area contributed by atoms with Crippen LogP contribution in [0.3, 0.4) is 0 Å². The van der Waals surface area contributed by atoms with Crippen LogP contribution in [0.25, 0.3) is 0 Å². The molecule has 0 atom stereocenters. The third kappa shape index (κ3) is 1.74. The van der Waals surface area contributed by atoms with Crippen molar-refractivity contribution in [1.29, 1.82) is 0 Å². The molecule has 1 N–H and O–H groups in total. The van der Waals surface area contributed by atoms with Gasteiger partial charge in [0.05, 0.1) is 31.4 Å². The summed E-state index contributed by atoms with van der Waals surface area (Å²) < 4.78 is 6.98. The predicted octanol–water partition coefficient (Wildman–Crippen LogP) is 0.698. The second kappa shape index (κ2) is 3.66. The molecule has 0 spiro atoms. The zero-order valence-corrected chi connectivity index (χ0v) is 8.86. The number of carbonyl (C=O) groups is 1. The zero-order valence-electron chi connectivity index (χ0n) is 8.86. The van der Waals surface area contributed by atoms with Gasteiger partial charge in [0.2, 0.25) is 0 Å². The Labute approximate surface area is 87.7 Å². The van der Waals surface area contributed by atoms with Crippen LogP contribution in [0.4, 0.5) is 0 Å². The molecular formula is C10H14N2O3. The van der Waals surface area contributed by atoms with Gasteiger partial charge < -0.3 is 9.84 Å². The fourth-order valence-electron chi connectivity index (χ4n) is 1.82. The van der Waals surface area contributed by atoms with E-state index in [2.05, 4.69) is 5.10 Å². The zero-order chi connectivity index (χ0) is 11.0. The number of ether oxygens (including phenoxy) is 1. The number of nitrogens with zero attached hydrogens (tertiary/aromatic N) is 2. The van der Waals surface area contributed by atoms with E-state index in [4.69, 9.17) is 9.84 Å². The maximum atomic E-state index is 10.7. The maximum Gasteiger partial charge on any atom is 0.307 e. The van der Waals surface area contributed by atoms with Crippen molar-refractivity contribution in [3.05, 3.63) is 17.0 Å². The summed E-state index contributed by atoms with van der Waals surface area (Å²) in [4.78, 5) is 10.7. The van der Waals surface area contributed by atoms with Crippen LogP contribution in [0.5, 0.6) is 0 Å². The number of rotatable bonds is 3. The van der Waals surface area contributed by atoms with Gasteiger partial charge in [-0.2, -0.15) is 5.10 Å². The van der Waals surface area contributed by atoms with Crippen molar-refractivity contribution in [3.63, 3.8) is 0 Å². The third-order valence-electron chi connectivity index (χ3n) is 2.77. The van der Waals surface area contributed by atoms with Gasteiger partial charge in [-0.1, -0.05) is 0 Å². The van der Waals surface area contributed by atoms with E-state index < -0.39 is 5.97 Å². The molecule has 0 radical (unpaired) electrons. The molecule has 2 rings (SSSR count). The fourth-order valence-corrected chi connectivity index (χ4v) is 1.82. The van der Waals surface area contributed by atoms with Gasteiger partial charge in [-0.05, 0) is 13.8 Å². The normalized spacial score (nSPS) is 16.4. The topological polar surface area (TPSA) is 64.4 Å². The molecule has 1 aliphatic heterocycles. The van der Waals surface area contributed by atoms with E-state index in [1.54, 1.807) is 0 Å². The van der Waals surface area contributed by atoms with E-state index >= 15 is 0 Å². The molecule has 1 aliphatic rings. The first kappa shape index (κ1) is 10.2. The monoisotopic (exact) mass is 210 g/mol. The van der Waals surface area contributed by atoms with Crippen LogP contribution in [0.15, 0.2) is 0 Å². The standard InChI is InChI=1S/C10H14N2O3/c1-6-9(3-10(13)14)7(2)12(11-6)8-4-15-5-8/h8H,3-5H2,1-2H3,(H,13,14). The summed E-state index contributed by atoms with van der Waals surface area (Å²) in [6.45, 7) is 5.11. The first-order valence-electron chi connectivity index (χ1n) is 4.93. The minimum Gasteiger partial charge on any atom is -0.481 e. The van der Waals surface area contributed by atoms with Crippen molar-refractivity contribution in [2.24, 2.45) is 0 Å². The highest BCUT2D eigenvalue weighted by atomic mass is 16.5. The Kier molecular flexibility index (Phi) is 2.48. The molecule has 1 saturated heterocycles. The van der Waals surface area contributed by atoms with Crippen molar-refractivity contribution in [2.45, 2.75) is 26.3 Å². The Hall–Kier alpha value is -1.36. The lowest BCUT2D eigenvalue weighted by atomic mass is 10.1. The molecule has 1 aromatic heterocycles. The van der Waals surface area contributed by atoms with Crippen LogP contribution >= 0.6 is 0 Å². The predicted molar refractivity (Wildman–Crippen MR) is 52.9 cm³/mol. The molecule has 15 heavy (non-hydrogen) atoms. The van der Waals surface area contributed by atoms with Gasteiger partial charge in [-0.25, -0.2) is 0 Å². The molecule has 0 amide bonds. The Bertz CT molecular complexity index is 394. The Balaban J connectivity index is 2.30. The smallest absolute Gasteiger partial charge is 0.307 e. The molecule has 5 nitrogen and oxygen atoms in total. The molecular weight excluding hydrogens is 196 g/mol. The highest BCUT2D eigenvalue weighted by Gasteiger charge is 2.25. The van der Waals surface area contributed by atoms with Crippen molar-refractivity contribution >= 4 is 5.97 Å². The lowest BCUT2D eigenvalue weighted by Gasteiger charge is -2.27. The summed E-state index contributed by atoms with van der Waals surface area (Å²) in [6.07, 6.45) is 0.0469. The molecule has 5 heteroatoms. The van der Waals surface area contributed by atoms with Crippen molar-refractivity contribution in [3.8, 4) is 0 Å². The Morgan fingerprint density at radius 1 is 1.60 bits per heavy atom. The minimum absolute atomic E-state index is 0.0469. The van der Waals surface area contributed by atoms with Crippen molar-refractivity contribution in [2.75, 3.05) is 13.2 Å². The van der Waals surface area contributed by atoms with Gasteiger partial charge in [0, 0.05) is 11.3 Å². The number of aliphatic carboxylic acids is 1. The summed E-state index contributed by atoms with van der Waals surface area (Å²) in [7, 11) is 0. The lowest BCUT2D eigenvalue weighted by molar-refractivity contribution is -0.136. The van der Waals surface area contributed by atoms with Crippen molar-refractivity contribution in [1.82, 2.24) is 9.78 Å². The number of hydrogen-bond acceptors (Lipinski definition) is 3. The largest absolute Gasteiger partial charge is 0.481 e. The molecule has 2 heterocycles. The van der Waals surface area contributed by atoms with Crippen LogP contribution in [0.2, 0.25) is 0 Å². The van der Waals surface area contributed by atoms with E-state index in [0.29, 0.717) is 13.2 Å². The van der Waals surface area contributed by atoms with Crippen LogP contribution in [0.1, 0.15) is 23.0 Å². The summed E-state index contributed by atoms with van der Waals surface area (Å²) in [5.74, 6) is -0.814. The summed E-state index contributed by atoms with van der Waals surface area (Å²) in [5, 5.41) is 13.1. The van der Waals surface area contributed by atoms with Crippen molar-refractivity contribution < 1.29 is 14.6 Å². The first-order valence-corrected chi connectivity index (χ1v) is 4.93. The third-order valence-corrected chi connectivity index (χ3v) is 2.77. The number of carboxylic acids is 1. The second-order valence-electron chi connectivity index (χ2n) is 3.86. The number of aromatic nitrogens is 2. The van der Waals surface area contributed by atoms with Crippen LogP contribution in [-0.2, 0) is 16.0 Å². The molecule has 1 fully saturated rings. The van der Waals surface area contributed by atoms with Crippen LogP contribution < -0.4 is 0 Å². The fraction of sp³-hybridized carbons (Fsp3) is 0.600. The maximum absolute atomic E-state index is 10.7. The van der Waals surface area contributed by atoms with Gasteiger partial charge in [-0.15, -0.1) is 0 Å². The summed E-state index contributed by atoms with van der Waals surface area (Å²) in [6, 6.07) is 0.284. The summed E-state index contributed by atoms with van der Waals surface area (Å²) in [5.41, 5.74) is 2.58. The van der Waals surface area contributed by atoms with Gasteiger partial charge in [-0.3, -0.25) is 9.48 Å². The summed E-state index contributed by atoms with van der Waals surface area (Å²) >= 11 is 0. The van der Waals surface area contributed by atoms with Gasteiger partial charge in [0.15, 0.2) is 0 Å². The molecule has 0 aliphatic carbocycles. The number of aryl methyl sites for hydroxylation is 1. The highest BCUT2D eigenvalue weighted by Crippen LogP contribution is 2.22. The number of carboxylic acid groups (broad SMARTS) is 1. The van der Waals surface area contributed by atoms with E-state index in [1.165, 1.54) is 0 Å². The van der Waals surface area contributed by atoms with Gasteiger partial charge in [0.25, 0.3) is 0 Å². The highest BCUT2D eigenvalue weighted by molar-refractivity contribution is 5.70. The Morgan fingerprint density at radius 3 is 2.73 bits per heavy atom. The second-order valence-corrected chi connectivity index (χ2v) is 3.86. The Morgan fingerprint density at radius 2 is 2.27 bits per heavy atom. The average Bonchev–Trinajstić information content (AvgIpc) is 2.30. The van der Waals surface area contributed by atoms with Gasteiger partial charge >= 0.3 is 5.97 Å². The van der Waals surface area contributed by atoms with E-state index in [9.17, 15) is 4.79 Å². The average molecular weight is 210 g/mol. The molecule has 1 aromatic rings. The minimum atomic E-state index is -0.814. The molecule has 0 aromatic carbocycles. The number of hydrogen-bond donors (Lipinski definition) is 1. The van der Waals surface area contributed by atoms with E-state index in [0.717, 1.165) is 17.0 Å². The molecule has 0 unspecified atom stereocenters. The van der Waals surface area contributed by atoms with E-state index in [1.807, 2.05) is 18.5 Å². The van der Waals surface area contributed by atoms with E-state index in [-0.39, 0.29) is 12.5 Å². The van der Waals surface area contributed by atoms with Gasteiger partial charge in [0.1, 0.15) is 0 Å². The lowest BCUT2D eigenvalue weighted by Crippen LogP contribution is -2.32. The molecule has 0 bridgehead atoms. The van der Waals surface area contributed by atoms with Crippen LogP contribution in [0, 0.1) is 13.8 Å². The molecule has 0 saturated carbocycles.